The van der Waals surface area contributed by atoms with Crippen LogP contribution in [-0.2, 0) is 4.79 Å². The molecule has 2 aromatic rings. The Kier molecular flexibility index (Phi) is 4.35. The molecule has 0 atom stereocenters. The molecule has 1 aromatic carbocycles. The van der Waals surface area contributed by atoms with Crippen LogP contribution in [0.1, 0.15) is 10.4 Å². The number of rotatable bonds is 5. The lowest BCUT2D eigenvalue weighted by Crippen LogP contribution is -2.12. The van der Waals surface area contributed by atoms with Gasteiger partial charge in [0.2, 0.25) is 0 Å². The van der Waals surface area contributed by atoms with Gasteiger partial charge in [0.05, 0.1) is 11.8 Å². The van der Waals surface area contributed by atoms with Crippen molar-refractivity contribution < 1.29 is 24.5 Å². The van der Waals surface area contributed by atoms with Gasteiger partial charge < -0.3 is 20.3 Å². The summed E-state index contributed by atoms with van der Waals surface area (Å²) in [5, 5.41) is 20.6. The molecular formula is C14H12N2O5. The van der Waals surface area contributed by atoms with Crippen molar-refractivity contribution in [2.75, 3.05) is 11.9 Å². The fourth-order valence-electron chi connectivity index (χ4n) is 1.56. The van der Waals surface area contributed by atoms with Crippen LogP contribution in [0.2, 0.25) is 0 Å². The molecule has 0 aliphatic heterocycles. The third-order valence-corrected chi connectivity index (χ3v) is 2.52. The Morgan fingerprint density at radius 1 is 1.19 bits per heavy atom. The van der Waals surface area contributed by atoms with Gasteiger partial charge in [0.1, 0.15) is 11.5 Å². The summed E-state index contributed by atoms with van der Waals surface area (Å²) in [5.41, 5.74) is 0.593. The molecule has 0 saturated heterocycles. The predicted octanol–water partition coefficient (Wildman–Crippen LogP) is 1.50. The number of carboxylic acids is 1. The van der Waals surface area contributed by atoms with Crippen molar-refractivity contribution in [1.29, 1.82) is 0 Å². The molecular weight excluding hydrogens is 276 g/mol. The number of hydrogen-bond acceptors (Lipinski definition) is 5. The van der Waals surface area contributed by atoms with Crippen LogP contribution in [0.15, 0.2) is 42.7 Å². The van der Waals surface area contributed by atoms with E-state index < -0.39 is 18.5 Å². The SMILES string of the molecule is O=C(O)COc1ccc(NC(=O)c2ccncc2O)cc1. The Morgan fingerprint density at radius 2 is 1.90 bits per heavy atom. The third-order valence-electron chi connectivity index (χ3n) is 2.52. The molecule has 0 saturated carbocycles. The number of benzene rings is 1. The van der Waals surface area contributed by atoms with E-state index in [9.17, 15) is 14.7 Å². The lowest BCUT2D eigenvalue weighted by atomic mass is 10.2. The number of nitrogens with one attached hydrogen (secondary N) is 1. The van der Waals surface area contributed by atoms with Gasteiger partial charge >= 0.3 is 5.97 Å². The zero-order valence-corrected chi connectivity index (χ0v) is 10.8. The van der Waals surface area contributed by atoms with Crippen LogP contribution < -0.4 is 10.1 Å². The summed E-state index contributed by atoms with van der Waals surface area (Å²) < 4.78 is 4.97. The molecule has 21 heavy (non-hydrogen) atoms. The highest BCUT2D eigenvalue weighted by molar-refractivity contribution is 6.05. The summed E-state index contributed by atoms with van der Waals surface area (Å²) in [6, 6.07) is 7.59. The molecule has 0 radical (unpaired) electrons. The molecule has 0 fully saturated rings. The van der Waals surface area contributed by atoms with E-state index in [1.54, 1.807) is 12.1 Å². The van der Waals surface area contributed by atoms with E-state index in [0.717, 1.165) is 0 Å². The minimum atomic E-state index is -1.07. The monoisotopic (exact) mass is 288 g/mol. The van der Waals surface area contributed by atoms with Gasteiger partial charge in [0, 0.05) is 11.9 Å². The number of aromatic nitrogens is 1. The summed E-state index contributed by atoms with van der Waals surface area (Å²) >= 11 is 0. The second-order valence-corrected chi connectivity index (χ2v) is 4.05. The summed E-state index contributed by atoms with van der Waals surface area (Å²) in [5.74, 6) is -1.38. The van der Waals surface area contributed by atoms with Crippen molar-refractivity contribution in [3.8, 4) is 11.5 Å². The molecule has 7 nitrogen and oxygen atoms in total. The zero-order valence-electron chi connectivity index (χ0n) is 10.8. The van der Waals surface area contributed by atoms with Crippen molar-refractivity contribution in [2.45, 2.75) is 0 Å². The van der Waals surface area contributed by atoms with Crippen molar-refractivity contribution >= 4 is 17.6 Å². The van der Waals surface area contributed by atoms with Crippen molar-refractivity contribution in [2.24, 2.45) is 0 Å². The van der Waals surface area contributed by atoms with Crippen molar-refractivity contribution in [3.05, 3.63) is 48.3 Å². The topological polar surface area (TPSA) is 109 Å². The van der Waals surface area contributed by atoms with Gasteiger partial charge in [-0.25, -0.2) is 4.79 Å². The second kappa shape index (κ2) is 6.38. The van der Waals surface area contributed by atoms with Gasteiger partial charge in [0.25, 0.3) is 5.91 Å². The average molecular weight is 288 g/mol. The van der Waals surface area contributed by atoms with E-state index in [1.807, 2.05) is 0 Å². The molecule has 0 aliphatic carbocycles. The molecule has 0 bridgehead atoms. The van der Waals surface area contributed by atoms with E-state index in [4.69, 9.17) is 9.84 Å². The zero-order chi connectivity index (χ0) is 15.2. The van der Waals surface area contributed by atoms with Gasteiger partial charge in [-0.3, -0.25) is 9.78 Å². The maximum Gasteiger partial charge on any atom is 0.341 e. The highest BCUT2D eigenvalue weighted by Gasteiger charge is 2.10. The van der Waals surface area contributed by atoms with Crippen LogP contribution in [0.5, 0.6) is 11.5 Å². The number of carbonyl (C=O) groups is 2. The first-order valence-corrected chi connectivity index (χ1v) is 5.95. The Labute approximate surface area is 119 Å². The van der Waals surface area contributed by atoms with E-state index in [-0.39, 0.29) is 11.3 Å². The van der Waals surface area contributed by atoms with E-state index in [0.29, 0.717) is 11.4 Å². The number of carbonyl (C=O) groups excluding carboxylic acids is 1. The first-order chi connectivity index (χ1) is 10.1. The second-order valence-electron chi connectivity index (χ2n) is 4.05. The number of aliphatic carboxylic acids is 1. The van der Waals surface area contributed by atoms with Gasteiger partial charge in [-0.05, 0) is 30.3 Å². The summed E-state index contributed by atoms with van der Waals surface area (Å²) in [4.78, 5) is 26.0. The Bertz CT molecular complexity index is 655. The molecule has 108 valence electrons. The first kappa shape index (κ1) is 14.3. The molecule has 1 heterocycles. The average Bonchev–Trinajstić information content (AvgIpc) is 2.47. The first-order valence-electron chi connectivity index (χ1n) is 5.95. The smallest absolute Gasteiger partial charge is 0.341 e. The molecule has 1 aromatic heterocycles. The van der Waals surface area contributed by atoms with Crippen LogP contribution in [-0.4, -0.2) is 33.7 Å². The van der Waals surface area contributed by atoms with E-state index >= 15 is 0 Å². The van der Waals surface area contributed by atoms with Crippen LogP contribution in [0.3, 0.4) is 0 Å². The number of anilines is 1. The van der Waals surface area contributed by atoms with Gasteiger partial charge in [-0.1, -0.05) is 0 Å². The molecule has 0 unspecified atom stereocenters. The molecule has 3 N–H and O–H groups in total. The fourth-order valence-corrected chi connectivity index (χ4v) is 1.56. The van der Waals surface area contributed by atoms with Gasteiger partial charge in [-0.2, -0.15) is 0 Å². The molecule has 0 spiro atoms. The van der Waals surface area contributed by atoms with E-state index in [1.165, 1.54) is 30.6 Å². The molecule has 0 aliphatic rings. The lowest BCUT2D eigenvalue weighted by Gasteiger charge is -2.08. The third kappa shape index (κ3) is 3.93. The lowest BCUT2D eigenvalue weighted by molar-refractivity contribution is -0.139. The molecule has 7 heteroatoms. The normalized spacial score (nSPS) is 9.90. The quantitative estimate of drug-likeness (QED) is 0.769. The summed E-state index contributed by atoms with van der Waals surface area (Å²) in [6.07, 6.45) is 2.58. The number of aromatic hydroxyl groups is 1. The number of amides is 1. The van der Waals surface area contributed by atoms with Gasteiger partial charge in [-0.15, -0.1) is 0 Å². The van der Waals surface area contributed by atoms with Crippen molar-refractivity contribution in [1.82, 2.24) is 4.98 Å². The van der Waals surface area contributed by atoms with Gasteiger partial charge in [0.15, 0.2) is 6.61 Å². The number of carboxylic acid groups (broad SMARTS) is 1. The van der Waals surface area contributed by atoms with E-state index in [2.05, 4.69) is 10.3 Å². The minimum Gasteiger partial charge on any atom is -0.505 e. The Balaban J connectivity index is 2.02. The standard InChI is InChI=1S/C14H12N2O5/c17-12-7-15-6-5-11(12)14(20)16-9-1-3-10(4-2-9)21-8-13(18)19/h1-7,17H,8H2,(H,16,20)(H,18,19). The predicted molar refractivity (Wildman–Crippen MR) is 73.4 cm³/mol. The fraction of sp³-hybridized carbons (Fsp3) is 0.0714. The number of nitrogens with zero attached hydrogens (tertiary/aromatic N) is 1. The molecule has 2 rings (SSSR count). The van der Waals surface area contributed by atoms with Crippen LogP contribution in [0, 0.1) is 0 Å². The van der Waals surface area contributed by atoms with Crippen molar-refractivity contribution in [3.63, 3.8) is 0 Å². The number of ether oxygens (including phenoxy) is 1. The molecule has 1 amide bonds. The highest BCUT2D eigenvalue weighted by Crippen LogP contribution is 2.19. The van der Waals surface area contributed by atoms with Crippen LogP contribution in [0.4, 0.5) is 5.69 Å². The number of pyridine rings is 1. The van der Waals surface area contributed by atoms with Crippen LogP contribution >= 0.6 is 0 Å². The van der Waals surface area contributed by atoms with Crippen LogP contribution in [0.25, 0.3) is 0 Å². The maximum atomic E-state index is 11.9. The number of hydrogen-bond donors (Lipinski definition) is 3. The Hall–Kier alpha value is -3.09. The summed E-state index contributed by atoms with van der Waals surface area (Å²) in [7, 11) is 0. The largest absolute Gasteiger partial charge is 0.505 e. The summed E-state index contributed by atoms with van der Waals surface area (Å²) in [6.45, 7) is -0.434. The minimum absolute atomic E-state index is 0.108. The Morgan fingerprint density at radius 3 is 2.52 bits per heavy atom. The highest BCUT2D eigenvalue weighted by atomic mass is 16.5. The maximum absolute atomic E-state index is 11.9.